The molecule has 10 heteroatoms. The van der Waals surface area contributed by atoms with Gasteiger partial charge in [-0.25, -0.2) is 13.1 Å². The third kappa shape index (κ3) is 7.69. The second-order valence-corrected chi connectivity index (χ2v) is 11.9. The van der Waals surface area contributed by atoms with Crippen LogP contribution in [0.15, 0.2) is 48.5 Å². The molecular weight excluding hydrogens is 506 g/mol. The number of benzene rings is 2. The first-order chi connectivity index (χ1) is 18.2. The number of carbonyl (C=O) groups excluding carboxylic acids is 1. The summed E-state index contributed by atoms with van der Waals surface area (Å²) in [5.74, 6) is 0.830. The summed E-state index contributed by atoms with van der Waals surface area (Å²) < 4.78 is 45.6. The lowest BCUT2D eigenvalue weighted by molar-refractivity contribution is 0.0671. The van der Waals surface area contributed by atoms with Gasteiger partial charge in [-0.3, -0.25) is 4.79 Å². The lowest BCUT2D eigenvalue weighted by Crippen LogP contribution is -2.48. The molecule has 1 fully saturated rings. The Hall–Kier alpha value is -2.66. The topological polar surface area (TPSA) is 106 Å². The van der Waals surface area contributed by atoms with E-state index in [2.05, 4.69) is 10.0 Å². The Morgan fingerprint density at radius 2 is 1.79 bits per heavy atom. The van der Waals surface area contributed by atoms with E-state index in [0.29, 0.717) is 56.3 Å². The third-order valence-electron chi connectivity index (χ3n) is 6.87. The summed E-state index contributed by atoms with van der Waals surface area (Å²) in [6.45, 7) is 8.15. The summed E-state index contributed by atoms with van der Waals surface area (Å²) in [7, 11) is -0.417. The number of amides is 1. The quantitative estimate of drug-likeness (QED) is 0.350. The first-order valence-electron chi connectivity index (χ1n) is 13.1. The second-order valence-electron chi connectivity index (χ2n) is 9.85. The molecule has 210 valence electrons. The van der Waals surface area contributed by atoms with Gasteiger partial charge in [-0.1, -0.05) is 30.3 Å². The van der Waals surface area contributed by atoms with Gasteiger partial charge in [0.25, 0.3) is 5.91 Å². The molecule has 38 heavy (non-hydrogen) atoms. The number of nitrogens with zero attached hydrogens (tertiary/aromatic N) is 1. The molecule has 0 aliphatic carbocycles. The molecule has 1 aliphatic rings. The van der Waals surface area contributed by atoms with Crippen molar-refractivity contribution < 1.29 is 27.4 Å². The number of sulfonamides is 1. The van der Waals surface area contributed by atoms with Crippen LogP contribution < -0.4 is 19.5 Å². The van der Waals surface area contributed by atoms with Gasteiger partial charge in [0, 0.05) is 63.3 Å². The highest BCUT2D eigenvalue weighted by molar-refractivity contribution is 7.89. The average molecular weight is 548 g/mol. The van der Waals surface area contributed by atoms with Crippen LogP contribution in [-0.2, 0) is 14.8 Å². The zero-order valence-corrected chi connectivity index (χ0v) is 23.8. The molecule has 2 aromatic rings. The summed E-state index contributed by atoms with van der Waals surface area (Å²) in [4.78, 5) is 15.4. The largest absolute Gasteiger partial charge is 0.493 e. The molecule has 1 saturated heterocycles. The van der Waals surface area contributed by atoms with Crippen molar-refractivity contribution in [3.8, 4) is 11.5 Å². The van der Waals surface area contributed by atoms with Gasteiger partial charge >= 0.3 is 0 Å². The van der Waals surface area contributed by atoms with Gasteiger partial charge in [-0.2, -0.15) is 0 Å². The van der Waals surface area contributed by atoms with Crippen LogP contribution in [0.5, 0.6) is 11.5 Å². The molecule has 3 atom stereocenters. The van der Waals surface area contributed by atoms with Crippen molar-refractivity contribution in [2.24, 2.45) is 5.92 Å². The average Bonchev–Trinajstić information content (AvgIpc) is 3.34. The van der Waals surface area contributed by atoms with E-state index in [0.717, 1.165) is 5.56 Å². The molecule has 0 saturated carbocycles. The fraction of sp³-hybridized carbons (Fsp3) is 0.536. The third-order valence-corrected chi connectivity index (χ3v) is 8.70. The summed E-state index contributed by atoms with van der Waals surface area (Å²) >= 11 is 0. The van der Waals surface area contributed by atoms with Crippen molar-refractivity contribution in [2.75, 3.05) is 47.1 Å². The lowest BCUT2D eigenvalue weighted by Gasteiger charge is -2.32. The summed E-state index contributed by atoms with van der Waals surface area (Å²) in [6.07, 6.45) is 0.713. The van der Waals surface area contributed by atoms with Gasteiger partial charge < -0.3 is 24.4 Å². The van der Waals surface area contributed by atoms with E-state index in [-0.39, 0.29) is 23.9 Å². The van der Waals surface area contributed by atoms with E-state index in [1.807, 2.05) is 44.2 Å². The van der Waals surface area contributed by atoms with Crippen LogP contribution in [0, 0.1) is 5.92 Å². The van der Waals surface area contributed by atoms with Gasteiger partial charge in [0.15, 0.2) is 11.5 Å². The Morgan fingerprint density at radius 3 is 2.45 bits per heavy atom. The molecule has 0 spiro atoms. The zero-order valence-electron chi connectivity index (χ0n) is 23.0. The zero-order chi connectivity index (χ0) is 27.7. The van der Waals surface area contributed by atoms with E-state index in [9.17, 15) is 13.2 Å². The van der Waals surface area contributed by atoms with Gasteiger partial charge in [0.2, 0.25) is 10.0 Å². The van der Waals surface area contributed by atoms with Crippen molar-refractivity contribution in [2.45, 2.75) is 44.5 Å². The number of rotatable bonds is 14. The van der Waals surface area contributed by atoms with Crippen molar-refractivity contribution >= 4 is 15.9 Å². The number of hydrogen-bond donors (Lipinski definition) is 2. The maximum absolute atomic E-state index is 13.6. The Bertz CT molecular complexity index is 1140. The molecule has 2 N–H and O–H groups in total. The van der Waals surface area contributed by atoms with Crippen LogP contribution in [-0.4, -0.2) is 78.4 Å². The van der Waals surface area contributed by atoms with Crippen LogP contribution in [0.1, 0.15) is 48.4 Å². The predicted molar refractivity (Wildman–Crippen MR) is 148 cm³/mol. The molecule has 2 aromatic carbocycles. The van der Waals surface area contributed by atoms with Gasteiger partial charge in [-0.15, -0.1) is 0 Å². The molecule has 9 nitrogen and oxygen atoms in total. The summed E-state index contributed by atoms with van der Waals surface area (Å²) in [5.41, 5.74) is 1.23. The fourth-order valence-electron chi connectivity index (χ4n) is 4.53. The molecule has 1 aliphatic heterocycles. The van der Waals surface area contributed by atoms with Gasteiger partial charge in [-0.05, 0) is 44.5 Å². The molecular formula is C28H41N3O6S. The Balaban J connectivity index is 1.73. The summed E-state index contributed by atoms with van der Waals surface area (Å²) in [5, 5.41) is 2.61. The maximum Gasteiger partial charge on any atom is 0.254 e. The van der Waals surface area contributed by atoms with E-state index in [4.69, 9.17) is 14.2 Å². The Labute approximate surface area is 226 Å². The molecule has 1 unspecified atom stereocenters. The minimum absolute atomic E-state index is 0.0814. The number of hydrogen-bond acceptors (Lipinski definition) is 7. The molecule has 0 bridgehead atoms. The van der Waals surface area contributed by atoms with E-state index >= 15 is 0 Å². The molecule has 1 heterocycles. The highest BCUT2D eigenvalue weighted by Gasteiger charge is 2.35. The smallest absolute Gasteiger partial charge is 0.254 e. The molecule has 1 amide bonds. The molecule has 0 radical (unpaired) electrons. The van der Waals surface area contributed by atoms with Crippen molar-refractivity contribution in [1.29, 1.82) is 0 Å². The van der Waals surface area contributed by atoms with Crippen LogP contribution in [0.4, 0.5) is 0 Å². The van der Waals surface area contributed by atoms with Gasteiger partial charge in [0.1, 0.15) is 0 Å². The highest BCUT2D eigenvalue weighted by atomic mass is 32.2. The van der Waals surface area contributed by atoms with E-state index < -0.39 is 15.3 Å². The van der Waals surface area contributed by atoms with Crippen LogP contribution in [0.3, 0.4) is 0 Å². The minimum atomic E-state index is -3.62. The second kappa shape index (κ2) is 13.9. The van der Waals surface area contributed by atoms with Crippen molar-refractivity contribution in [1.82, 2.24) is 14.9 Å². The van der Waals surface area contributed by atoms with Gasteiger partial charge in [0.05, 0.1) is 19.0 Å². The van der Waals surface area contributed by atoms with E-state index in [1.54, 1.807) is 44.2 Å². The number of carbonyl (C=O) groups is 1. The minimum Gasteiger partial charge on any atom is -0.493 e. The number of nitrogens with one attached hydrogen (secondary N) is 2. The normalized spacial score (nSPS) is 18.4. The molecule has 0 aromatic heterocycles. The Kier molecular flexibility index (Phi) is 11.0. The van der Waals surface area contributed by atoms with Crippen LogP contribution in [0.2, 0.25) is 0 Å². The maximum atomic E-state index is 13.6. The predicted octanol–water partition coefficient (Wildman–Crippen LogP) is 3.23. The van der Waals surface area contributed by atoms with Crippen molar-refractivity contribution in [3.05, 3.63) is 59.7 Å². The number of ether oxygens (including phenoxy) is 3. The lowest BCUT2D eigenvalue weighted by atomic mass is 10.0. The fourth-order valence-corrected chi connectivity index (χ4v) is 5.95. The summed E-state index contributed by atoms with van der Waals surface area (Å²) in [6, 6.07) is 13.9. The van der Waals surface area contributed by atoms with Crippen LogP contribution in [0.25, 0.3) is 0 Å². The molecule has 3 rings (SSSR count). The first kappa shape index (κ1) is 29.9. The standard InChI is InChI=1S/C28H41N3O6S/c1-20(2)31(28(32)23-12-13-26(36-5)27(16-23)37-15-9-14-35-4)19-24-17-29-18-25(24)30-38(33,34)21(3)22-10-7-6-8-11-22/h6-8,10-13,16,20-21,24-25,29-30H,9,14-15,17-19H2,1-5H3/t21?,24-,25+/m0/s1. The van der Waals surface area contributed by atoms with Crippen LogP contribution >= 0.6 is 0 Å². The monoisotopic (exact) mass is 547 g/mol. The Morgan fingerprint density at radius 1 is 1.05 bits per heavy atom. The SMILES string of the molecule is COCCCOc1cc(C(=O)N(C[C@@H]2CNC[C@H]2NS(=O)(=O)C(C)c2ccccc2)C(C)C)ccc1OC. The van der Waals surface area contributed by atoms with E-state index in [1.165, 1.54) is 0 Å². The first-order valence-corrected chi connectivity index (χ1v) is 14.6. The van der Waals surface area contributed by atoms with Crippen molar-refractivity contribution in [3.63, 3.8) is 0 Å². The highest BCUT2D eigenvalue weighted by Crippen LogP contribution is 2.29. The number of methoxy groups -OCH3 is 2.